The Balaban J connectivity index is 1.38. The molecule has 4 heteroatoms. The van der Waals surface area contributed by atoms with E-state index in [1.807, 2.05) is 23.1 Å². The highest BCUT2D eigenvalue weighted by Crippen LogP contribution is 2.26. The first-order valence-corrected chi connectivity index (χ1v) is 8.84. The fourth-order valence-corrected chi connectivity index (χ4v) is 3.32. The van der Waals surface area contributed by atoms with Gasteiger partial charge in [-0.2, -0.15) is 0 Å². The maximum absolute atomic E-state index is 12.3. The van der Waals surface area contributed by atoms with Crippen LogP contribution in [0.1, 0.15) is 44.1 Å². The average Bonchev–Trinajstić information content (AvgIpc) is 2.52. The van der Waals surface area contributed by atoms with E-state index in [1.165, 1.54) is 12.0 Å². The molecule has 23 heavy (non-hydrogen) atoms. The SMILES string of the molecule is O=C(NC1CCN(C(=O)CCc2ccccc2)CC1)C1CCC1. The minimum Gasteiger partial charge on any atom is -0.353 e. The summed E-state index contributed by atoms with van der Waals surface area (Å²) in [5.41, 5.74) is 1.21. The second-order valence-corrected chi connectivity index (χ2v) is 6.78. The molecule has 124 valence electrons. The van der Waals surface area contributed by atoms with Gasteiger partial charge in [-0.25, -0.2) is 0 Å². The van der Waals surface area contributed by atoms with Gasteiger partial charge in [-0.1, -0.05) is 36.8 Å². The first kappa shape index (κ1) is 16.0. The number of nitrogens with one attached hydrogen (secondary N) is 1. The number of hydrogen-bond acceptors (Lipinski definition) is 2. The predicted octanol–water partition coefficient (Wildman–Crippen LogP) is 2.53. The van der Waals surface area contributed by atoms with Gasteiger partial charge < -0.3 is 10.2 Å². The molecule has 2 fully saturated rings. The summed E-state index contributed by atoms with van der Waals surface area (Å²) in [6.45, 7) is 1.53. The van der Waals surface area contributed by atoms with Gasteiger partial charge in [0.1, 0.15) is 0 Å². The maximum Gasteiger partial charge on any atom is 0.223 e. The van der Waals surface area contributed by atoms with E-state index in [4.69, 9.17) is 0 Å². The lowest BCUT2D eigenvalue weighted by atomic mass is 9.84. The lowest BCUT2D eigenvalue weighted by molar-refractivity contribution is -0.132. The molecule has 0 atom stereocenters. The third-order valence-corrected chi connectivity index (χ3v) is 5.14. The molecule has 0 unspecified atom stereocenters. The number of likely N-dealkylation sites (tertiary alicyclic amines) is 1. The van der Waals surface area contributed by atoms with Crippen LogP contribution in [0.5, 0.6) is 0 Å². The Morgan fingerprint density at radius 1 is 1.04 bits per heavy atom. The van der Waals surface area contributed by atoms with Crippen LogP contribution in [0.15, 0.2) is 30.3 Å². The Labute approximate surface area is 138 Å². The number of benzene rings is 1. The molecule has 0 radical (unpaired) electrons. The van der Waals surface area contributed by atoms with Crippen LogP contribution in [-0.2, 0) is 16.0 Å². The normalized spacial score (nSPS) is 19.2. The minimum atomic E-state index is 0.227. The van der Waals surface area contributed by atoms with E-state index >= 15 is 0 Å². The minimum absolute atomic E-state index is 0.227. The topological polar surface area (TPSA) is 49.4 Å². The number of aryl methyl sites for hydroxylation is 1. The molecule has 1 aromatic rings. The third kappa shape index (κ3) is 4.34. The van der Waals surface area contributed by atoms with Gasteiger partial charge in [0.05, 0.1) is 0 Å². The summed E-state index contributed by atoms with van der Waals surface area (Å²) < 4.78 is 0. The molecule has 0 aromatic heterocycles. The van der Waals surface area contributed by atoms with Gasteiger partial charge in [-0.05, 0) is 37.7 Å². The highest BCUT2D eigenvalue weighted by atomic mass is 16.2. The zero-order valence-electron chi connectivity index (χ0n) is 13.7. The molecular formula is C19H26N2O2. The van der Waals surface area contributed by atoms with Crippen molar-refractivity contribution < 1.29 is 9.59 Å². The molecule has 0 spiro atoms. The van der Waals surface area contributed by atoms with Crippen molar-refractivity contribution in [1.29, 1.82) is 0 Å². The number of carbonyl (C=O) groups is 2. The van der Waals surface area contributed by atoms with Crippen LogP contribution in [0.3, 0.4) is 0 Å². The van der Waals surface area contributed by atoms with Gasteiger partial charge in [0, 0.05) is 31.5 Å². The summed E-state index contributed by atoms with van der Waals surface area (Å²) in [5, 5.41) is 3.16. The molecule has 1 N–H and O–H groups in total. The number of piperidine rings is 1. The van der Waals surface area contributed by atoms with Crippen molar-refractivity contribution in [1.82, 2.24) is 10.2 Å². The van der Waals surface area contributed by atoms with Gasteiger partial charge in [-0.15, -0.1) is 0 Å². The third-order valence-electron chi connectivity index (χ3n) is 5.14. The smallest absolute Gasteiger partial charge is 0.223 e. The second-order valence-electron chi connectivity index (χ2n) is 6.78. The van der Waals surface area contributed by atoms with Gasteiger partial charge in [0.2, 0.25) is 11.8 Å². The fourth-order valence-electron chi connectivity index (χ4n) is 3.32. The van der Waals surface area contributed by atoms with Crippen LogP contribution >= 0.6 is 0 Å². The summed E-state index contributed by atoms with van der Waals surface area (Å²) in [6, 6.07) is 10.4. The van der Waals surface area contributed by atoms with Gasteiger partial charge in [0.25, 0.3) is 0 Å². The van der Waals surface area contributed by atoms with Crippen LogP contribution in [0.25, 0.3) is 0 Å². The number of hydrogen-bond donors (Lipinski definition) is 1. The first-order chi connectivity index (χ1) is 11.2. The van der Waals surface area contributed by atoms with Crippen molar-refractivity contribution in [3.8, 4) is 0 Å². The molecule has 4 nitrogen and oxygen atoms in total. The van der Waals surface area contributed by atoms with E-state index in [9.17, 15) is 9.59 Å². The summed E-state index contributed by atoms with van der Waals surface area (Å²) in [7, 11) is 0. The fraction of sp³-hybridized carbons (Fsp3) is 0.579. The lowest BCUT2D eigenvalue weighted by Crippen LogP contribution is -2.48. The van der Waals surface area contributed by atoms with E-state index in [0.29, 0.717) is 6.42 Å². The van der Waals surface area contributed by atoms with Crippen molar-refractivity contribution in [2.24, 2.45) is 5.92 Å². The molecule has 3 rings (SSSR count). The molecule has 1 aliphatic heterocycles. The van der Waals surface area contributed by atoms with Crippen molar-refractivity contribution >= 4 is 11.8 Å². The van der Waals surface area contributed by atoms with E-state index in [1.54, 1.807) is 0 Å². The molecule has 1 saturated carbocycles. The molecule has 1 aromatic carbocycles. The first-order valence-electron chi connectivity index (χ1n) is 8.84. The Morgan fingerprint density at radius 3 is 2.35 bits per heavy atom. The number of amides is 2. The Kier molecular flexibility index (Phi) is 5.31. The van der Waals surface area contributed by atoms with E-state index in [-0.39, 0.29) is 23.8 Å². The number of carbonyl (C=O) groups excluding carboxylic acids is 2. The summed E-state index contributed by atoms with van der Waals surface area (Å²) in [6.07, 6.45) is 6.42. The standard InChI is InChI=1S/C19H26N2O2/c22-18(10-9-15-5-2-1-3-6-15)21-13-11-17(12-14-21)20-19(23)16-7-4-8-16/h1-3,5-6,16-17H,4,7-14H2,(H,20,23). The van der Waals surface area contributed by atoms with Gasteiger partial charge >= 0.3 is 0 Å². The van der Waals surface area contributed by atoms with Crippen molar-refractivity contribution in [3.05, 3.63) is 35.9 Å². The highest BCUT2D eigenvalue weighted by Gasteiger charge is 2.29. The Bertz CT molecular complexity index is 532. The van der Waals surface area contributed by atoms with Crippen LogP contribution in [0.2, 0.25) is 0 Å². The quantitative estimate of drug-likeness (QED) is 0.908. The molecule has 1 heterocycles. The number of rotatable bonds is 5. The van der Waals surface area contributed by atoms with Crippen LogP contribution < -0.4 is 5.32 Å². The summed E-state index contributed by atoms with van der Waals surface area (Å²) >= 11 is 0. The van der Waals surface area contributed by atoms with Gasteiger partial charge in [-0.3, -0.25) is 9.59 Å². The Hall–Kier alpha value is -1.84. The zero-order valence-corrected chi connectivity index (χ0v) is 13.7. The van der Waals surface area contributed by atoms with Crippen LogP contribution in [0, 0.1) is 5.92 Å². The molecule has 2 aliphatic rings. The molecule has 0 bridgehead atoms. The van der Waals surface area contributed by atoms with E-state index < -0.39 is 0 Å². The Morgan fingerprint density at radius 2 is 1.74 bits per heavy atom. The van der Waals surface area contributed by atoms with Crippen molar-refractivity contribution in [2.45, 2.75) is 51.0 Å². The predicted molar refractivity (Wildman–Crippen MR) is 89.8 cm³/mol. The maximum atomic E-state index is 12.3. The van der Waals surface area contributed by atoms with E-state index in [0.717, 1.165) is 45.2 Å². The van der Waals surface area contributed by atoms with Crippen molar-refractivity contribution in [2.75, 3.05) is 13.1 Å². The second kappa shape index (κ2) is 7.62. The van der Waals surface area contributed by atoms with E-state index in [2.05, 4.69) is 17.4 Å². The van der Waals surface area contributed by atoms with Gasteiger partial charge in [0.15, 0.2) is 0 Å². The molecule has 1 aliphatic carbocycles. The average molecular weight is 314 g/mol. The summed E-state index contributed by atoms with van der Waals surface area (Å²) in [4.78, 5) is 26.2. The largest absolute Gasteiger partial charge is 0.353 e. The summed E-state index contributed by atoms with van der Waals surface area (Å²) in [5.74, 6) is 0.711. The molecular weight excluding hydrogens is 288 g/mol. The van der Waals surface area contributed by atoms with Crippen molar-refractivity contribution in [3.63, 3.8) is 0 Å². The lowest BCUT2D eigenvalue weighted by Gasteiger charge is -2.34. The molecule has 1 saturated heterocycles. The van der Waals surface area contributed by atoms with Crippen LogP contribution in [-0.4, -0.2) is 35.8 Å². The molecule has 2 amide bonds. The monoisotopic (exact) mass is 314 g/mol. The van der Waals surface area contributed by atoms with Crippen LogP contribution in [0.4, 0.5) is 0 Å². The highest BCUT2D eigenvalue weighted by molar-refractivity contribution is 5.80. The number of nitrogens with zero attached hydrogens (tertiary/aromatic N) is 1. The zero-order chi connectivity index (χ0) is 16.1.